The minimum atomic E-state index is -0.469. The molecule has 0 radical (unpaired) electrons. The summed E-state index contributed by atoms with van der Waals surface area (Å²) in [6.45, 7) is 7.85. The second kappa shape index (κ2) is 14.7. The highest BCUT2D eigenvalue weighted by Crippen LogP contribution is 2.33. The molecule has 40 heavy (non-hydrogen) atoms. The molecule has 1 aliphatic carbocycles. The number of hydrogen-bond acceptors (Lipinski definition) is 7. The van der Waals surface area contributed by atoms with Crippen molar-refractivity contribution in [3.8, 4) is 11.5 Å². The number of carbonyl (C=O) groups excluding carboxylic acids is 2. The maximum absolute atomic E-state index is 12.7. The zero-order valence-corrected chi connectivity index (χ0v) is 24.0. The Bertz CT molecular complexity index is 1160. The third kappa shape index (κ3) is 8.21. The highest BCUT2D eigenvalue weighted by molar-refractivity contribution is 6.04. The first-order valence-corrected chi connectivity index (χ1v) is 14.5. The summed E-state index contributed by atoms with van der Waals surface area (Å²) in [5, 5.41) is 8.99. The molecule has 0 saturated heterocycles. The van der Waals surface area contributed by atoms with E-state index in [9.17, 15) is 9.59 Å². The fraction of sp³-hybridized carbons (Fsp3) is 0.516. The maximum Gasteiger partial charge on any atom is 0.411 e. The Morgan fingerprint density at radius 1 is 1.05 bits per heavy atom. The Labute approximate surface area is 237 Å². The molecule has 0 spiro atoms. The van der Waals surface area contributed by atoms with Crippen molar-refractivity contribution in [3.63, 3.8) is 0 Å². The second-order valence-corrected chi connectivity index (χ2v) is 10.2. The molecule has 4 rings (SSSR count). The average Bonchev–Trinajstić information content (AvgIpc) is 3.48. The van der Waals surface area contributed by atoms with Gasteiger partial charge in [0.15, 0.2) is 11.5 Å². The summed E-state index contributed by atoms with van der Waals surface area (Å²) in [5.41, 5.74) is 3.33. The van der Waals surface area contributed by atoms with Crippen LogP contribution in [0.15, 0.2) is 47.6 Å². The van der Waals surface area contributed by atoms with E-state index in [0.717, 1.165) is 61.5 Å². The van der Waals surface area contributed by atoms with E-state index in [1.165, 1.54) is 17.9 Å². The first-order valence-electron chi connectivity index (χ1n) is 14.5. The number of rotatable bonds is 13. The first kappa shape index (κ1) is 29.4. The third-order valence-electron chi connectivity index (χ3n) is 7.48. The van der Waals surface area contributed by atoms with Crippen LogP contribution in [-0.4, -0.2) is 67.1 Å². The molecule has 1 N–H and O–H groups in total. The van der Waals surface area contributed by atoms with Gasteiger partial charge in [-0.3, -0.25) is 10.1 Å². The van der Waals surface area contributed by atoms with E-state index in [2.05, 4.69) is 24.1 Å². The molecule has 2 aromatic carbocycles. The smallest absolute Gasteiger partial charge is 0.411 e. The molecule has 2 aromatic rings. The van der Waals surface area contributed by atoms with Gasteiger partial charge in [-0.15, -0.1) is 0 Å². The molecule has 0 aromatic heterocycles. The van der Waals surface area contributed by atoms with Crippen molar-refractivity contribution < 1.29 is 23.8 Å². The number of hydrogen-bond donors (Lipinski definition) is 1. The van der Waals surface area contributed by atoms with Gasteiger partial charge in [0.2, 0.25) is 5.91 Å². The number of anilines is 1. The molecule has 9 heteroatoms. The molecular weight excluding hydrogens is 508 g/mol. The monoisotopic (exact) mass is 550 g/mol. The van der Waals surface area contributed by atoms with Crippen LogP contribution in [0.5, 0.6) is 11.5 Å². The van der Waals surface area contributed by atoms with E-state index < -0.39 is 6.09 Å². The van der Waals surface area contributed by atoms with Gasteiger partial charge in [0.25, 0.3) is 0 Å². The number of benzene rings is 2. The predicted octanol–water partition coefficient (Wildman–Crippen LogP) is 5.82. The lowest BCUT2D eigenvalue weighted by molar-refractivity contribution is -0.132. The zero-order valence-electron chi connectivity index (χ0n) is 24.0. The van der Waals surface area contributed by atoms with Crippen LogP contribution in [0, 0.1) is 0 Å². The Morgan fingerprint density at radius 3 is 2.50 bits per heavy atom. The van der Waals surface area contributed by atoms with Gasteiger partial charge in [0.1, 0.15) is 0 Å². The average molecular weight is 551 g/mol. The molecule has 0 bridgehead atoms. The largest absolute Gasteiger partial charge is 0.493 e. The summed E-state index contributed by atoms with van der Waals surface area (Å²) in [5.74, 6) is 1.41. The van der Waals surface area contributed by atoms with Crippen molar-refractivity contribution in [1.29, 1.82) is 0 Å². The van der Waals surface area contributed by atoms with Gasteiger partial charge in [0.05, 0.1) is 32.1 Å². The molecule has 216 valence electrons. The number of nitrogens with zero attached hydrogens (tertiary/aromatic N) is 3. The Hall–Kier alpha value is -3.59. The van der Waals surface area contributed by atoms with Gasteiger partial charge in [-0.2, -0.15) is 5.10 Å². The standard InChI is InChI=1S/C31H42N4O5/c1-4-34(5-2)19-8-20-39-31(37)32-25-14-11-23(12-15-25)22-35-30(36)18-16-27(33-35)24-13-17-28(38-3)29(21-24)40-26-9-6-7-10-26/h11-15,17,21,26H,4-10,16,18-20,22H2,1-3H3,(H,32,37). The van der Waals surface area contributed by atoms with Crippen molar-refractivity contribution in [2.45, 2.75) is 71.4 Å². The summed E-state index contributed by atoms with van der Waals surface area (Å²) in [4.78, 5) is 27.1. The quantitative estimate of drug-likeness (QED) is 0.316. The molecule has 2 aliphatic rings. The zero-order chi connectivity index (χ0) is 28.3. The Balaban J connectivity index is 1.34. The number of nitrogens with one attached hydrogen (secondary N) is 1. The van der Waals surface area contributed by atoms with Crippen molar-refractivity contribution in [2.24, 2.45) is 5.10 Å². The van der Waals surface area contributed by atoms with E-state index in [-0.39, 0.29) is 12.0 Å². The summed E-state index contributed by atoms with van der Waals surface area (Å²) in [7, 11) is 1.65. The molecule has 1 heterocycles. The summed E-state index contributed by atoms with van der Waals surface area (Å²) < 4.78 is 17.1. The van der Waals surface area contributed by atoms with Crippen molar-refractivity contribution in [3.05, 3.63) is 53.6 Å². The molecule has 9 nitrogen and oxygen atoms in total. The molecular formula is C31H42N4O5. The first-order chi connectivity index (χ1) is 19.5. The van der Waals surface area contributed by atoms with E-state index in [0.29, 0.717) is 37.4 Å². The van der Waals surface area contributed by atoms with Gasteiger partial charge < -0.3 is 19.1 Å². The van der Waals surface area contributed by atoms with Gasteiger partial charge in [0, 0.05) is 30.6 Å². The van der Waals surface area contributed by atoms with Crippen molar-refractivity contribution in [1.82, 2.24) is 9.91 Å². The summed E-state index contributed by atoms with van der Waals surface area (Å²) >= 11 is 0. The van der Waals surface area contributed by atoms with Crippen molar-refractivity contribution in [2.75, 3.05) is 38.7 Å². The van der Waals surface area contributed by atoms with Gasteiger partial charge >= 0.3 is 6.09 Å². The van der Waals surface area contributed by atoms with Crippen LogP contribution in [0.2, 0.25) is 0 Å². The fourth-order valence-electron chi connectivity index (χ4n) is 5.08. The number of hydrazone groups is 1. The number of amides is 2. The normalized spacial score (nSPS) is 15.8. The molecule has 0 atom stereocenters. The third-order valence-corrected chi connectivity index (χ3v) is 7.48. The number of methoxy groups -OCH3 is 1. The summed E-state index contributed by atoms with van der Waals surface area (Å²) in [6, 6.07) is 13.2. The lowest BCUT2D eigenvalue weighted by Gasteiger charge is -2.24. The van der Waals surface area contributed by atoms with Crippen LogP contribution in [0.3, 0.4) is 0 Å². The van der Waals surface area contributed by atoms with Gasteiger partial charge in [-0.05, 0) is 81.1 Å². The Morgan fingerprint density at radius 2 is 1.80 bits per heavy atom. The minimum Gasteiger partial charge on any atom is -0.493 e. The molecule has 0 unspecified atom stereocenters. The number of carbonyl (C=O) groups is 2. The summed E-state index contributed by atoms with van der Waals surface area (Å²) in [6.07, 6.45) is 6.01. The highest BCUT2D eigenvalue weighted by Gasteiger charge is 2.24. The topological polar surface area (TPSA) is 92.7 Å². The minimum absolute atomic E-state index is 0.0184. The predicted molar refractivity (Wildman–Crippen MR) is 156 cm³/mol. The van der Waals surface area contributed by atoms with Gasteiger partial charge in [-0.1, -0.05) is 26.0 Å². The van der Waals surface area contributed by atoms with Crippen LogP contribution < -0.4 is 14.8 Å². The lowest BCUT2D eigenvalue weighted by atomic mass is 10.0. The number of ether oxygens (including phenoxy) is 3. The second-order valence-electron chi connectivity index (χ2n) is 10.2. The van der Waals surface area contributed by atoms with Crippen LogP contribution in [-0.2, 0) is 16.1 Å². The highest BCUT2D eigenvalue weighted by atomic mass is 16.5. The SMILES string of the molecule is CCN(CC)CCCOC(=O)Nc1ccc(CN2N=C(c3ccc(OC)c(OC4CCCC4)c3)CCC2=O)cc1. The molecule has 1 saturated carbocycles. The van der Waals surface area contributed by atoms with Crippen LogP contribution in [0.1, 0.15) is 69.9 Å². The van der Waals surface area contributed by atoms with Crippen molar-refractivity contribution >= 4 is 23.4 Å². The van der Waals surface area contributed by atoms with Crippen LogP contribution in [0.4, 0.5) is 10.5 Å². The van der Waals surface area contributed by atoms with E-state index in [1.54, 1.807) is 7.11 Å². The van der Waals surface area contributed by atoms with E-state index in [4.69, 9.17) is 19.3 Å². The van der Waals surface area contributed by atoms with E-state index in [1.807, 2.05) is 42.5 Å². The maximum atomic E-state index is 12.7. The lowest BCUT2D eigenvalue weighted by Crippen LogP contribution is -2.31. The van der Waals surface area contributed by atoms with Crippen LogP contribution in [0.25, 0.3) is 0 Å². The van der Waals surface area contributed by atoms with E-state index >= 15 is 0 Å². The molecule has 1 fully saturated rings. The Kier molecular flexibility index (Phi) is 10.8. The molecule has 1 aliphatic heterocycles. The van der Waals surface area contributed by atoms with Gasteiger partial charge in [-0.25, -0.2) is 9.80 Å². The van der Waals surface area contributed by atoms with Crippen LogP contribution >= 0.6 is 0 Å². The molecule has 2 amide bonds. The fourth-order valence-corrected chi connectivity index (χ4v) is 5.08.